The van der Waals surface area contributed by atoms with Gasteiger partial charge in [-0.3, -0.25) is 4.84 Å². The van der Waals surface area contributed by atoms with Crippen molar-refractivity contribution in [1.82, 2.24) is 5.06 Å². The van der Waals surface area contributed by atoms with Gasteiger partial charge in [0.05, 0.1) is 19.2 Å². The number of rotatable bonds is 3. The maximum absolute atomic E-state index is 8.56. The molecule has 1 fully saturated rings. The molecule has 2 rings (SSSR count). The standard InChI is InChI=1S/C11H12N2O/c1-9-4-2-3-5-10(9)8-14-13-7-11(13)6-12/h2-5,11H,7-8H2,1H3. The first kappa shape index (κ1) is 9.20. The van der Waals surface area contributed by atoms with Gasteiger partial charge in [-0.1, -0.05) is 24.3 Å². The van der Waals surface area contributed by atoms with Crippen LogP contribution in [0.25, 0.3) is 0 Å². The fourth-order valence-electron chi connectivity index (χ4n) is 1.30. The summed E-state index contributed by atoms with van der Waals surface area (Å²) in [5.41, 5.74) is 2.40. The van der Waals surface area contributed by atoms with Crippen LogP contribution in [0.4, 0.5) is 0 Å². The van der Waals surface area contributed by atoms with Crippen LogP contribution >= 0.6 is 0 Å². The molecule has 0 spiro atoms. The quantitative estimate of drug-likeness (QED) is 0.676. The van der Waals surface area contributed by atoms with E-state index in [1.54, 1.807) is 5.06 Å². The van der Waals surface area contributed by atoms with Crippen LogP contribution < -0.4 is 0 Å². The van der Waals surface area contributed by atoms with Crippen LogP contribution in [0, 0.1) is 18.3 Å². The number of nitriles is 1. The van der Waals surface area contributed by atoms with Gasteiger partial charge in [-0.2, -0.15) is 10.3 Å². The molecule has 0 amide bonds. The number of hydrogen-bond acceptors (Lipinski definition) is 3. The number of benzene rings is 1. The summed E-state index contributed by atoms with van der Waals surface area (Å²) in [6.45, 7) is 3.36. The summed E-state index contributed by atoms with van der Waals surface area (Å²) in [6, 6.07) is 10.2. The fraction of sp³-hybridized carbons (Fsp3) is 0.364. The van der Waals surface area contributed by atoms with E-state index in [0.29, 0.717) is 6.61 Å². The van der Waals surface area contributed by atoms with E-state index >= 15 is 0 Å². The predicted molar refractivity (Wildman–Crippen MR) is 52.1 cm³/mol. The SMILES string of the molecule is Cc1ccccc1CON1CC1C#N. The molecule has 1 aromatic rings. The van der Waals surface area contributed by atoms with Crippen LogP contribution in [0.1, 0.15) is 11.1 Å². The summed E-state index contributed by atoms with van der Waals surface area (Å²) in [5, 5.41) is 10.3. The third-order valence-electron chi connectivity index (χ3n) is 2.36. The van der Waals surface area contributed by atoms with Crippen molar-refractivity contribution in [2.75, 3.05) is 6.54 Å². The highest BCUT2D eigenvalue weighted by atomic mass is 16.7. The Labute approximate surface area is 83.5 Å². The van der Waals surface area contributed by atoms with E-state index in [9.17, 15) is 0 Å². The molecule has 0 saturated carbocycles. The van der Waals surface area contributed by atoms with E-state index in [2.05, 4.69) is 19.1 Å². The highest BCUT2D eigenvalue weighted by Crippen LogP contribution is 2.18. The number of nitrogens with zero attached hydrogens (tertiary/aromatic N) is 2. The summed E-state index contributed by atoms with van der Waals surface area (Å²) in [7, 11) is 0. The van der Waals surface area contributed by atoms with Crippen LogP contribution in [-0.4, -0.2) is 17.6 Å². The van der Waals surface area contributed by atoms with E-state index in [0.717, 1.165) is 6.54 Å². The Kier molecular flexibility index (Phi) is 2.49. The minimum Gasteiger partial charge on any atom is -0.293 e. The number of aryl methyl sites for hydroxylation is 1. The van der Waals surface area contributed by atoms with E-state index < -0.39 is 0 Å². The lowest BCUT2D eigenvalue weighted by Crippen LogP contribution is -2.03. The Balaban J connectivity index is 1.88. The van der Waals surface area contributed by atoms with Gasteiger partial charge in [0, 0.05) is 0 Å². The summed E-state index contributed by atoms with van der Waals surface area (Å²) in [5.74, 6) is 0. The van der Waals surface area contributed by atoms with Crippen LogP contribution in [0.3, 0.4) is 0 Å². The molecule has 3 heteroatoms. The predicted octanol–water partition coefficient (Wildman–Crippen LogP) is 1.63. The Morgan fingerprint density at radius 1 is 1.57 bits per heavy atom. The lowest BCUT2D eigenvalue weighted by atomic mass is 10.1. The number of hydrogen-bond donors (Lipinski definition) is 0. The first-order valence-electron chi connectivity index (χ1n) is 4.65. The van der Waals surface area contributed by atoms with Crippen molar-refractivity contribution in [3.8, 4) is 6.07 Å². The van der Waals surface area contributed by atoms with Gasteiger partial charge in [0.2, 0.25) is 0 Å². The summed E-state index contributed by atoms with van der Waals surface area (Å²) in [6.07, 6.45) is 0. The van der Waals surface area contributed by atoms with Gasteiger partial charge in [0.1, 0.15) is 6.04 Å². The van der Waals surface area contributed by atoms with Crippen LogP contribution in [0.5, 0.6) is 0 Å². The van der Waals surface area contributed by atoms with Gasteiger partial charge < -0.3 is 0 Å². The van der Waals surface area contributed by atoms with Gasteiger partial charge in [0.25, 0.3) is 0 Å². The van der Waals surface area contributed by atoms with Crippen molar-refractivity contribution in [1.29, 1.82) is 5.26 Å². The zero-order chi connectivity index (χ0) is 9.97. The van der Waals surface area contributed by atoms with Crippen molar-refractivity contribution in [3.63, 3.8) is 0 Å². The molecule has 0 radical (unpaired) electrons. The van der Waals surface area contributed by atoms with Gasteiger partial charge in [-0.05, 0) is 18.1 Å². The molecule has 0 aliphatic carbocycles. The average molecular weight is 188 g/mol. The van der Waals surface area contributed by atoms with Gasteiger partial charge in [-0.15, -0.1) is 0 Å². The Bertz CT molecular complexity index is 370. The first-order chi connectivity index (χ1) is 6.81. The highest BCUT2D eigenvalue weighted by Gasteiger charge is 2.35. The molecule has 72 valence electrons. The molecule has 2 atom stereocenters. The first-order valence-corrected chi connectivity index (χ1v) is 4.65. The van der Waals surface area contributed by atoms with Crippen molar-refractivity contribution >= 4 is 0 Å². The molecule has 1 aromatic carbocycles. The highest BCUT2D eigenvalue weighted by molar-refractivity contribution is 5.24. The van der Waals surface area contributed by atoms with E-state index in [-0.39, 0.29) is 6.04 Å². The molecule has 2 unspecified atom stereocenters. The van der Waals surface area contributed by atoms with Crippen LogP contribution in [0.15, 0.2) is 24.3 Å². The third-order valence-corrected chi connectivity index (χ3v) is 2.36. The second kappa shape index (κ2) is 3.79. The molecule has 1 saturated heterocycles. The maximum atomic E-state index is 8.56. The smallest absolute Gasteiger partial charge is 0.137 e. The molecule has 0 bridgehead atoms. The van der Waals surface area contributed by atoms with Crippen molar-refractivity contribution in [3.05, 3.63) is 35.4 Å². The third kappa shape index (κ3) is 1.92. The van der Waals surface area contributed by atoms with E-state index in [1.165, 1.54) is 11.1 Å². The van der Waals surface area contributed by atoms with Gasteiger partial charge >= 0.3 is 0 Å². The molecule has 0 aromatic heterocycles. The van der Waals surface area contributed by atoms with Gasteiger partial charge in [0.15, 0.2) is 0 Å². The topological polar surface area (TPSA) is 36.0 Å². The average Bonchev–Trinajstić information content (AvgIpc) is 2.95. The van der Waals surface area contributed by atoms with Crippen LogP contribution in [-0.2, 0) is 11.4 Å². The molecule has 14 heavy (non-hydrogen) atoms. The molecular weight excluding hydrogens is 176 g/mol. The lowest BCUT2D eigenvalue weighted by molar-refractivity contribution is -0.0828. The molecular formula is C11H12N2O. The van der Waals surface area contributed by atoms with Crippen molar-refractivity contribution < 1.29 is 4.84 Å². The number of hydroxylamine groups is 2. The fourth-order valence-corrected chi connectivity index (χ4v) is 1.30. The second-order valence-corrected chi connectivity index (χ2v) is 3.44. The minimum atomic E-state index is -0.0287. The molecule has 1 aliphatic heterocycles. The zero-order valence-corrected chi connectivity index (χ0v) is 8.10. The molecule has 3 nitrogen and oxygen atoms in total. The Morgan fingerprint density at radius 3 is 3.00 bits per heavy atom. The van der Waals surface area contributed by atoms with E-state index in [4.69, 9.17) is 10.1 Å². The molecule has 1 aliphatic rings. The zero-order valence-electron chi connectivity index (χ0n) is 8.10. The minimum absolute atomic E-state index is 0.0287. The van der Waals surface area contributed by atoms with Crippen molar-refractivity contribution in [2.45, 2.75) is 19.6 Å². The van der Waals surface area contributed by atoms with Crippen molar-refractivity contribution in [2.24, 2.45) is 0 Å². The molecule has 1 heterocycles. The maximum Gasteiger partial charge on any atom is 0.137 e. The summed E-state index contributed by atoms with van der Waals surface area (Å²) >= 11 is 0. The van der Waals surface area contributed by atoms with E-state index in [1.807, 2.05) is 18.2 Å². The largest absolute Gasteiger partial charge is 0.293 e. The lowest BCUT2D eigenvalue weighted by Gasteiger charge is -2.06. The Morgan fingerprint density at radius 2 is 2.36 bits per heavy atom. The van der Waals surface area contributed by atoms with Gasteiger partial charge in [-0.25, -0.2) is 0 Å². The second-order valence-electron chi connectivity index (χ2n) is 3.44. The summed E-state index contributed by atoms with van der Waals surface area (Å²) in [4.78, 5) is 5.43. The summed E-state index contributed by atoms with van der Waals surface area (Å²) < 4.78 is 0. The monoisotopic (exact) mass is 188 g/mol. The molecule has 0 N–H and O–H groups in total. The van der Waals surface area contributed by atoms with Crippen LogP contribution in [0.2, 0.25) is 0 Å². The normalized spacial score (nSPS) is 24.3. The Hall–Kier alpha value is -1.37.